The smallest absolute Gasteiger partial charge is 0.230 e. The fraction of sp³-hybridized carbons (Fsp3) is 0.429. The molecule has 108 valence electrons. The fourth-order valence-corrected chi connectivity index (χ4v) is 2.49. The van der Waals surface area contributed by atoms with E-state index in [1.54, 1.807) is 19.1 Å². The molecule has 1 fully saturated rings. The Labute approximate surface area is 123 Å². The van der Waals surface area contributed by atoms with Gasteiger partial charge in [0.05, 0.1) is 0 Å². The molecule has 0 saturated heterocycles. The standard InChI is InChI=1S/C14H16FN3O.ClH/c1-8-2-3-9(7-12(8)15)13-17-14(19-18-13)10-4-5-11(16)6-10;/h2-3,7,10-11H,4-6,16H2,1H3;1H. The van der Waals surface area contributed by atoms with Crippen molar-refractivity contribution in [3.8, 4) is 11.4 Å². The van der Waals surface area contributed by atoms with E-state index in [0.717, 1.165) is 19.3 Å². The van der Waals surface area contributed by atoms with Crippen LogP contribution in [0.25, 0.3) is 11.4 Å². The molecular weight excluding hydrogens is 281 g/mol. The van der Waals surface area contributed by atoms with Crippen LogP contribution < -0.4 is 5.73 Å². The molecule has 1 aliphatic carbocycles. The van der Waals surface area contributed by atoms with Crippen molar-refractivity contribution < 1.29 is 8.91 Å². The fourth-order valence-electron chi connectivity index (χ4n) is 2.49. The summed E-state index contributed by atoms with van der Waals surface area (Å²) in [6, 6.07) is 5.17. The van der Waals surface area contributed by atoms with Crippen LogP contribution in [0.15, 0.2) is 22.7 Å². The molecule has 1 heterocycles. The lowest BCUT2D eigenvalue weighted by molar-refractivity contribution is 0.353. The second-order valence-electron chi connectivity index (χ2n) is 5.19. The average molecular weight is 298 g/mol. The zero-order valence-electron chi connectivity index (χ0n) is 11.2. The number of halogens is 2. The van der Waals surface area contributed by atoms with Crippen LogP contribution >= 0.6 is 12.4 Å². The molecule has 1 aromatic heterocycles. The maximum atomic E-state index is 13.5. The molecule has 3 rings (SSSR count). The van der Waals surface area contributed by atoms with E-state index in [0.29, 0.717) is 22.8 Å². The number of aryl methyl sites for hydroxylation is 1. The first-order valence-corrected chi connectivity index (χ1v) is 6.49. The number of nitrogens with zero attached hydrogens (tertiary/aromatic N) is 2. The Kier molecular flexibility index (Phi) is 4.40. The molecule has 0 aliphatic heterocycles. The van der Waals surface area contributed by atoms with Gasteiger partial charge < -0.3 is 10.3 Å². The Bertz CT molecular complexity index is 602. The second kappa shape index (κ2) is 5.89. The van der Waals surface area contributed by atoms with Crippen LogP contribution in [0.2, 0.25) is 0 Å². The largest absolute Gasteiger partial charge is 0.339 e. The second-order valence-corrected chi connectivity index (χ2v) is 5.19. The minimum Gasteiger partial charge on any atom is -0.339 e. The lowest BCUT2D eigenvalue weighted by atomic mass is 10.1. The third-order valence-corrected chi connectivity index (χ3v) is 3.69. The Morgan fingerprint density at radius 2 is 2.15 bits per heavy atom. The molecule has 0 spiro atoms. The van der Waals surface area contributed by atoms with Gasteiger partial charge in [-0.05, 0) is 37.8 Å². The third-order valence-electron chi connectivity index (χ3n) is 3.69. The van der Waals surface area contributed by atoms with E-state index in [-0.39, 0.29) is 30.2 Å². The summed E-state index contributed by atoms with van der Waals surface area (Å²) in [5.74, 6) is 1.04. The molecule has 2 atom stereocenters. The number of benzene rings is 1. The molecule has 20 heavy (non-hydrogen) atoms. The number of hydrogen-bond acceptors (Lipinski definition) is 4. The topological polar surface area (TPSA) is 64.9 Å². The van der Waals surface area contributed by atoms with Gasteiger partial charge in [0.2, 0.25) is 11.7 Å². The van der Waals surface area contributed by atoms with Crippen molar-refractivity contribution >= 4 is 12.4 Å². The van der Waals surface area contributed by atoms with E-state index in [2.05, 4.69) is 10.1 Å². The lowest BCUT2D eigenvalue weighted by Crippen LogP contribution is -2.14. The van der Waals surface area contributed by atoms with E-state index in [4.69, 9.17) is 10.3 Å². The first-order chi connectivity index (χ1) is 9.13. The van der Waals surface area contributed by atoms with Crippen LogP contribution in [0, 0.1) is 12.7 Å². The van der Waals surface area contributed by atoms with Gasteiger partial charge in [0, 0.05) is 17.5 Å². The Morgan fingerprint density at radius 3 is 2.80 bits per heavy atom. The van der Waals surface area contributed by atoms with Gasteiger partial charge in [-0.1, -0.05) is 17.3 Å². The van der Waals surface area contributed by atoms with Crippen LogP contribution in [-0.4, -0.2) is 16.2 Å². The first kappa shape index (κ1) is 14.9. The molecular formula is C14H17ClFN3O. The van der Waals surface area contributed by atoms with Crippen molar-refractivity contribution in [2.24, 2.45) is 5.73 Å². The molecule has 1 saturated carbocycles. The van der Waals surface area contributed by atoms with Crippen molar-refractivity contribution in [1.29, 1.82) is 0 Å². The lowest BCUT2D eigenvalue weighted by Gasteiger charge is -2.01. The van der Waals surface area contributed by atoms with Gasteiger partial charge in [0.15, 0.2) is 0 Å². The highest BCUT2D eigenvalue weighted by Crippen LogP contribution is 2.33. The molecule has 1 aliphatic rings. The highest BCUT2D eigenvalue weighted by atomic mass is 35.5. The summed E-state index contributed by atoms with van der Waals surface area (Å²) in [7, 11) is 0. The van der Waals surface area contributed by atoms with Crippen LogP contribution in [0.5, 0.6) is 0 Å². The highest BCUT2D eigenvalue weighted by Gasteiger charge is 2.28. The van der Waals surface area contributed by atoms with Crippen LogP contribution in [0.1, 0.15) is 36.6 Å². The maximum Gasteiger partial charge on any atom is 0.230 e. The number of hydrogen-bond donors (Lipinski definition) is 1. The normalized spacial score (nSPS) is 21.8. The van der Waals surface area contributed by atoms with Crippen molar-refractivity contribution in [1.82, 2.24) is 10.1 Å². The van der Waals surface area contributed by atoms with E-state index >= 15 is 0 Å². The van der Waals surface area contributed by atoms with E-state index in [1.807, 2.05) is 0 Å². The van der Waals surface area contributed by atoms with E-state index in [9.17, 15) is 4.39 Å². The molecule has 0 radical (unpaired) electrons. The minimum atomic E-state index is -0.258. The summed E-state index contributed by atoms with van der Waals surface area (Å²) in [5, 5.41) is 3.93. The van der Waals surface area contributed by atoms with Crippen LogP contribution in [0.4, 0.5) is 4.39 Å². The summed E-state index contributed by atoms with van der Waals surface area (Å²) >= 11 is 0. The Morgan fingerprint density at radius 1 is 1.35 bits per heavy atom. The van der Waals surface area contributed by atoms with Crippen LogP contribution in [-0.2, 0) is 0 Å². The predicted octanol–water partition coefficient (Wildman–Crippen LogP) is 3.20. The van der Waals surface area contributed by atoms with Crippen LogP contribution in [0.3, 0.4) is 0 Å². The zero-order valence-corrected chi connectivity index (χ0v) is 12.0. The van der Waals surface area contributed by atoms with Crippen molar-refractivity contribution in [2.45, 2.75) is 38.1 Å². The summed E-state index contributed by atoms with van der Waals surface area (Å²) in [4.78, 5) is 4.37. The quantitative estimate of drug-likeness (QED) is 0.924. The summed E-state index contributed by atoms with van der Waals surface area (Å²) < 4.78 is 18.8. The minimum absolute atomic E-state index is 0. The van der Waals surface area contributed by atoms with Crippen molar-refractivity contribution in [2.75, 3.05) is 0 Å². The molecule has 1 aromatic carbocycles. The van der Waals surface area contributed by atoms with Gasteiger partial charge in [-0.2, -0.15) is 4.98 Å². The molecule has 2 N–H and O–H groups in total. The molecule has 2 unspecified atom stereocenters. The molecule has 0 amide bonds. The molecule has 2 aromatic rings. The van der Waals surface area contributed by atoms with Gasteiger partial charge in [-0.15, -0.1) is 12.4 Å². The summed E-state index contributed by atoms with van der Waals surface area (Å²) in [5.41, 5.74) is 7.12. The van der Waals surface area contributed by atoms with Gasteiger partial charge in [-0.25, -0.2) is 4.39 Å². The van der Waals surface area contributed by atoms with Gasteiger partial charge in [0.1, 0.15) is 5.82 Å². The molecule has 4 nitrogen and oxygen atoms in total. The first-order valence-electron chi connectivity index (χ1n) is 6.49. The number of rotatable bonds is 2. The molecule has 6 heteroatoms. The predicted molar refractivity (Wildman–Crippen MR) is 76.2 cm³/mol. The average Bonchev–Trinajstić information content (AvgIpc) is 3.01. The number of nitrogens with two attached hydrogens (primary N) is 1. The van der Waals surface area contributed by atoms with Gasteiger partial charge >= 0.3 is 0 Å². The summed E-state index contributed by atoms with van der Waals surface area (Å²) in [6.07, 6.45) is 2.84. The van der Waals surface area contributed by atoms with Crippen molar-refractivity contribution in [3.05, 3.63) is 35.5 Å². The maximum absolute atomic E-state index is 13.5. The van der Waals surface area contributed by atoms with E-state index in [1.165, 1.54) is 6.07 Å². The van der Waals surface area contributed by atoms with Gasteiger partial charge in [0.25, 0.3) is 0 Å². The van der Waals surface area contributed by atoms with Crippen molar-refractivity contribution in [3.63, 3.8) is 0 Å². The SMILES string of the molecule is Cc1ccc(-c2noc(C3CCC(N)C3)n2)cc1F.Cl. The summed E-state index contributed by atoms with van der Waals surface area (Å²) in [6.45, 7) is 1.72. The zero-order chi connectivity index (χ0) is 13.4. The van der Waals surface area contributed by atoms with Gasteiger partial charge in [-0.3, -0.25) is 0 Å². The van der Waals surface area contributed by atoms with E-state index < -0.39 is 0 Å². The third kappa shape index (κ3) is 2.83. The monoisotopic (exact) mass is 297 g/mol. The number of aromatic nitrogens is 2. The highest BCUT2D eigenvalue weighted by molar-refractivity contribution is 5.85. The Hall–Kier alpha value is -1.46. The molecule has 0 bridgehead atoms. The Balaban J connectivity index is 0.00000147.